The Hall–Kier alpha value is -1.41. The molecule has 0 saturated heterocycles. The van der Waals surface area contributed by atoms with Gasteiger partial charge in [0.05, 0.1) is 12.2 Å². The molecule has 3 heteroatoms. The molecule has 1 aliphatic carbocycles. The van der Waals surface area contributed by atoms with E-state index < -0.39 is 0 Å². The number of hydrogen-bond donors (Lipinski definition) is 0. The van der Waals surface area contributed by atoms with Crippen LogP contribution in [0.3, 0.4) is 0 Å². The van der Waals surface area contributed by atoms with Crippen molar-refractivity contribution in [3.05, 3.63) is 35.4 Å². The van der Waals surface area contributed by atoms with Gasteiger partial charge in [0.15, 0.2) is 0 Å². The first-order valence-electron chi connectivity index (χ1n) is 8.51. The molecule has 0 radical (unpaired) electrons. The van der Waals surface area contributed by atoms with Gasteiger partial charge in [-0.15, -0.1) is 11.6 Å². The third kappa shape index (κ3) is 3.28. The highest BCUT2D eigenvalue weighted by Gasteiger charge is 2.27. The fourth-order valence-electron chi connectivity index (χ4n) is 3.32. The molecule has 0 bridgehead atoms. The monoisotopic (exact) mass is 332 g/mol. The van der Waals surface area contributed by atoms with Gasteiger partial charge in [-0.1, -0.05) is 24.3 Å². The van der Waals surface area contributed by atoms with Crippen molar-refractivity contribution in [2.24, 2.45) is 0 Å². The van der Waals surface area contributed by atoms with Gasteiger partial charge >= 0.3 is 0 Å². The summed E-state index contributed by atoms with van der Waals surface area (Å²) in [6.45, 7) is 8.29. The molecule has 0 heterocycles. The predicted octanol–water partition coefficient (Wildman–Crippen LogP) is 5.51. The Labute approximate surface area is 143 Å². The minimum atomic E-state index is 0.134. The summed E-state index contributed by atoms with van der Waals surface area (Å²) in [5.74, 6) is 2.01. The predicted molar refractivity (Wildman–Crippen MR) is 97.1 cm³/mol. The van der Waals surface area contributed by atoms with Gasteiger partial charge in [0.2, 0.25) is 0 Å². The third-order valence-electron chi connectivity index (χ3n) is 4.17. The molecule has 1 atom stereocenters. The summed E-state index contributed by atoms with van der Waals surface area (Å²) in [4.78, 5) is 0. The summed E-state index contributed by atoms with van der Waals surface area (Å²) in [5, 5.41) is 2.44. The zero-order chi connectivity index (χ0) is 16.6. The Bertz CT molecular complexity index is 706. The van der Waals surface area contributed by atoms with Crippen LogP contribution in [0, 0.1) is 0 Å². The van der Waals surface area contributed by atoms with Crippen molar-refractivity contribution in [3.8, 4) is 11.5 Å². The van der Waals surface area contributed by atoms with E-state index in [1.165, 1.54) is 11.1 Å². The van der Waals surface area contributed by atoms with E-state index in [-0.39, 0.29) is 17.6 Å². The molecule has 23 heavy (non-hydrogen) atoms. The van der Waals surface area contributed by atoms with E-state index in [4.69, 9.17) is 21.1 Å². The fraction of sp³-hybridized carbons (Fsp3) is 0.500. The molecule has 2 aromatic carbocycles. The Morgan fingerprint density at radius 3 is 1.96 bits per heavy atom. The molecule has 0 fully saturated rings. The first kappa shape index (κ1) is 16.4. The highest BCUT2D eigenvalue weighted by atomic mass is 35.5. The highest BCUT2D eigenvalue weighted by molar-refractivity contribution is 6.21. The minimum Gasteiger partial charge on any atom is -0.490 e. The van der Waals surface area contributed by atoms with Gasteiger partial charge < -0.3 is 9.47 Å². The van der Waals surface area contributed by atoms with Crippen LogP contribution < -0.4 is 9.47 Å². The Balaban J connectivity index is 2.30. The van der Waals surface area contributed by atoms with Crippen LogP contribution in [0.2, 0.25) is 0 Å². The van der Waals surface area contributed by atoms with Crippen LogP contribution in [0.4, 0.5) is 0 Å². The number of benzene rings is 2. The zero-order valence-corrected chi connectivity index (χ0v) is 15.1. The molecule has 1 unspecified atom stereocenters. The number of ether oxygens (including phenoxy) is 2. The van der Waals surface area contributed by atoms with Gasteiger partial charge in [-0.05, 0) is 47.0 Å². The van der Waals surface area contributed by atoms with Gasteiger partial charge in [0, 0.05) is 27.3 Å². The largest absolute Gasteiger partial charge is 0.490 e. The SMILES string of the molecule is CC(C)Oc1c2c(c(OC(C)C)c3ccccc13)CC(Cl)CC2. The third-order valence-corrected chi connectivity index (χ3v) is 4.54. The van der Waals surface area contributed by atoms with E-state index in [9.17, 15) is 0 Å². The molecule has 1 aliphatic rings. The minimum absolute atomic E-state index is 0.134. The molecule has 0 aliphatic heterocycles. The van der Waals surface area contributed by atoms with Gasteiger partial charge in [0.25, 0.3) is 0 Å². The molecule has 124 valence electrons. The van der Waals surface area contributed by atoms with Crippen molar-refractivity contribution in [2.75, 3.05) is 0 Å². The molecule has 0 amide bonds. The quantitative estimate of drug-likeness (QED) is 0.687. The number of alkyl halides is 1. The second kappa shape index (κ2) is 6.60. The fourth-order valence-corrected chi connectivity index (χ4v) is 3.59. The molecule has 0 spiro atoms. The summed E-state index contributed by atoms with van der Waals surface area (Å²) < 4.78 is 12.4. The van der Waals surface area contributed by atoms with Gasteiger partial charge in [0.1, 0.15) is 11.5 Å². The van der Waals surface area contributed by atoms with Crippen LogP contribution in [-0.4, -0.2) is 17.6 Å². The smallest absolute Gasteiger partial charge is 0.131 e. The van der Waals surface area contributed by atoms with E-state index in [1.807, 2.05) is 0 Å². The highest BCUT2D eigenvalue weighted by Crippen LogP contribution is 2.45. The summed E-state index contributed by atoms with van der Waals surface area (Å²) in [6, 6.07) is 8.38. The van der Waals surface area contributed by atoms with Crippen LogP contribution in [0.1, 0.15) is 45.2 Å². The molecular weight excluding hydrogens is 308 g/mol. The number of hydrogen-bond acceptors (Lipinski definition) is 2. The average molecular weight is 333 g/mol. The lowest BCUT2D eigenvalue weighted by Gasteiger charge is -2.29. The number of halogens is 1. The lowest BCUT2D eigenvalue weighted by atomic mass is 9.86. The van der Waals surface area contributed by atoms with E-state index >= 15 is 0 Å². The standard InChI is InChI=1S/C20H25ClO2/c1-12(2)22-19-15-7-5-6-8-16(15)20(23-13(3)4)18-11-14(21)9-10-17(18)19/h5-8,12-14H,9-11H2,1-4H3. The molecular formula is C20H25ClO2. The maximum absolute atomic E-state index is 6.47. The van der Waals surface area contributed by atoms with Crippen molar-refractivity contribution < 1.29 is 9.47 Å². The zero-order valence-electron chi connectivity index (χ0n) is 14.4. The molecule has 3 rings (SSSR count). The Morgan fingerprint density at radius 2 is 1.43 bits per heavy atom. The normalized spacial score (nSPS) is 17.6. The number of fused-ring (bicyclic) bond motifs is 2. The van der Waals surface area contributed by atoms with Gasteiger partial charge in [-0.3, -0.25) is 0 Å². The maximum atomic E-state index is 6.47. The lowest BCUT2D eigenvalue weighted by molar-refractivity contribution is 0.234. The van der Waals surface area contributed by atoms with Crippen molar-refractivity contribution >= 4 is 22.4 Å². The van der Waals surface area contributed by atoms with E-state index in [2.05, 4.69) is 52.0 Å². The molecule has 0 N–H and O–H groups in total. The van der Waals surface area contributed by atoms with Crippen LogP contribution in [0.15, 0.2) is 24.3 Å². The Morgan fingerprint density at radius 1 is 0.913 bits per heavy atom. The van der Waals surface area contributed by atoms with Crippen LogP contribution in [0.25, 0.3) is 10.8 Å². The van der Waals surface area contributed by atoms with E-state index in [1.54, 1.807) is 0 Å². The van der Waals surface area contributed by atoms with Gasteiger partial charge in [-0.2, -0.15) is 0 Å². The topological polar surface area (TPSA) is 18.5 Å². The summed E-state index contributed by atoms with van der Waals surface area (Å²) in [5.41, 5.74) is 2.52. The van der Waals surface area contributed by atoms with Crippen molar-refractivity contribution in [2.45, 2.75) is 64.5 Å². The van der Waals surface area contributed by atoms with E-state index in [0.717, 1.165) is 41.5 Å². The van der Waals surface area contributed by atoms with Crippen LogP contribution in [-0.2, 0) is 12.8 Å². The second-order valence-electron chi connectivity index (χ2n) is 6.83. The lowest BCUT2D eigenvalue weighted by Crippen LogP contribution is -2.20. The first-order chi connectivity index (χ1) is 11.0. The van der Waals surface area contributed by atoms with Crippen molar-refractivity contribution in [1.29, 1.82) is 0 Å². The molecule has 2 nitrogen and oxygen atoms in total. The van der Waals surface area contributed by atoms with Crippen LogP contribution >= 0.6 is 11.6 Å². The summed E-state index contributed by atoms with van der Waals surface area (Å²) in [7, 11) is 0. The average Bonchev–Trinajstić information content (AvgIpc) is 2.49. The summed E-state index contributed by atoms with van der Waals surface area (Å²) in [6.07, 6.45) is 3.06. The van der Waals surface area contributed by atoms with E-state index in [0.29, 0.717) is 0 Å². The van der Waals surface area contributed by atoms with Crippen molar-refractivity contribution in [1.82, 2.24) is 0 Å². The maximum Gasteiger partial charge on any atom is 0.131 e. The number of rotatable bonds is 4. The Kier molecular flexibility index (Phi) is 4.72. The van der Waals surface area contributed by atoms with Crippen molar-refractivity contribution in [3.63, 3.8) is 0 Å². The van der Waals surface area contributed by atoms with Crippen LogP contribution in [0.5, 0.6) is 11.5 Å². The molecule has 0 aromatic heterocycles. The first-order valence-corrected chi connectivity index (χ1v) is 8.94. The molecule has 0 saturated carbocycles. The van der Waals surface area contributed by atoms with Gasteiger partial charge in [-0.25, -0.2) is 0 Å². The summed E-state index contributed by atoms with van der Waals surface area (Å²) >= 11 is 6.47. The molecule has 2 aromatic rings. The second-order valence-corrected chi connectivity index (χ2v) is 7.45.